The number of pyridine rings is 1. The van der Waals surface area contributed by atoms with E-state index in [9.17, 15) is 18.8 Å². The lowest BCUT2D eigenvalue weighted by Crippen LogP contribution is -2.47. The lowest BCUT2D eigenvalue weighted by molar-refractivity contribution is -0.126. The minimum absolute atomic E-state index is 0.0408. The van der Waals surface area contributed by atoms with Gasteiger partial charge in [-0.1, -0.05) is 26.7 Å². The molecule has 3 heterocycles. The van der Waals surface area contributed by atoms with E-state index in [0.29, 0.717) is 25.7 Å². The Morgan fingerprint density at radius 3 is 2.46 bits per heavy atom. The van der Waals surface area contributed by atoms with Crippen molar-refractivity contribution >= 4 is 28.7 Å². The van der Waals surface area contributed by atoms with Crippen molar-refractivity contribution in [2.45, 2.75) is 96.2 Å². The first-order valence-electron chi connectivity index (χ1n) is 13.1. The number of amides is 1. The number of rotatable bonds is 8. The Labute approximate surface area is 209 Å². The molecule has 1 atom stereocenters. The molecule has 2 fully saturated rings. The summed E-state index contributed by atoms with van der Waals surface area (Å²) in [5.74, 6) is 1.47. The summed E-state index contributed by atoms with van der Waals surface area (Å²) in [5, 5.41) is 3.38. The van der Waals surface area contributed by atoms with Gasteiger partial charge in [0.25, 0.3) is 5.56 Å². The van der Waals surface area contributed by atoms with Gasteiger partial charge < -0.3 is 5.32 Å². The fourth-order valence-corrected chi connectivity index (χ4v) is 6.65. The molecule has 9 heteroatoms. The first-order valence-corrected chi connectivity index (χ1v) is 14.3. The summed E-state index contributed by atoms with van der Waals surface area (Å²) in [4.78, 5) is 44.0. The number of hydrogen-bond donors (Lipinski definition) is 1. The number of unbranched alkanes of at least 4 members (excludes halogenated alkanes) is 1. The Balaban J connectivity index is 1.57. The second kappa shape index (κ2) is 11.7. The molecule has 1 saturated carbocycles. The molecule has 1 aliphatic heterocycles. The molecule has 0 spiro atoms. The van der Waals surface area contributed by atoms with Crippen LogP contribution in [0.25, 0.3) is 11.0 Å². The van der Waals surface area contributed by atoms with Gasteiger partial charge in [0.05, 0.1) is 11.6 Å². The Morgan fingerprint density at radius 1 is 1.11 bits per heavy atom. The van der Waals surface area contributed by atoms with Crippen molar-refractivity contribution in [3.05, 3.63) is 38.9 Å². The molecule has 0 aromatic carbocycles. The zero-order valence-corrected chi connectivity index (χ0v) is 21.6. The van der Waals surface area contributed by atoms with Crippen LogP contribution in [0.1, 0.15) is 90.1 Å². The predicted octanol–water partition coefficient (Wildman–Crippen LogP) is 4.58. The molecule has 1 unspecified atom stereocenters. The number of fused-ring (bicyclic) bond motifs is 1. The van der Waals surface area contributed by atoms with E-state index >= 15 is 0 Å². The highest BCUT2D eigenvalue weighted by molar-refractivity contribution is 7.99. The average Bonchev–Trinajstić information content (AvgIpc) is 2.87. The Kier molecular flexibility index (Phi) is 8.68. The number of halogens is 1. The fraction of sp³-hybridized carbons (Fsp3) is 0.692. The van der Waals surface area contributed by atoms with E-state index in [1.165, 1.54) is 10.6 Å². The van der Waals surface area contributed by atoms with Crippen molar-refractivity contribution in [2.24, 2.45) is 5.92 Å². The van der Waals surface area contributed by atoms with Gasteiger partial charge in [0, 0.05) is 24.0 Å². The summed E-state index contributed by atoms with van der Waals surface area (Å²) in [6, 6.07) is 0.965. The standard InChI is InChI=1S/C26H37FN4O3S/c1-3-5-6-17(4-2)24(32)29-19-7-9-20(10-8-19)31-25(33)22-15-18(27)16-28-23(22)30(26(31)34)21-11-13-35-14-12-21/h15-17,19-21H,3-14H2,1-2H3,(H,29,32)/t17?,19-,20+. The normalized spacial score (nSPS) is 22.3. The van der Waals surface area contributed by atoms with E-state index in [4.69, 9.17) is 0 Å². The van der Waals surface area contributed by atoms with E-state index in [1.807, 2.05) is 11.8 Å². The number of nitrogens with zero attached hydrogens (tertiary/aromatic N) is 3. The molecule has 1 amide bonds. The molecule has 1 saturated heterocycles. The van der Waals surface area contributed by atoms with Crippen molar-refractivity contribution in [1.29, 1.82) is 0 Å². The SMILES string of the molecule is CCCCC(CC)C(=O)N[C@H]1CC[C@@H](n2c(=O)c3cc(F)cnc3n(C3CCSCC3)c2=O)CC1. The number of hydrogen-bond acceptors (Lipinski definition) is 5. The van der Waals surface area contributed by atoms with Gasteiger partial charge in [-0.15, -0.1) is 0 Å². The third-order valence-electron chi connectivity index (χ3n) is 7.66. The molecule has 7 nitrogen and oxygen atoms in total. The van der Waals surface area contributed by atoms with Gasteiger partial charge in [0.15, 0.2) is 0 Å². The zero-order chi connectivity index (χ0) is 24.9. The first kappa shape index (κ1) is 25.9. The molecule has 2 aromatic heterocycles. The van der Waals surface area contributed by atoms with Gasteiger partial charge in [0.2, 0.25) is 5.91 Å². The van der Waals surface area contributed by atoms with Crippen molar-refractivity contribution < 1.29 is 9.18 Å². The first-order chi connectivity index (χ1) is 16.9. The molecule has 0 radical (unpaired) electrons. The van der Waals surface area contributed by atoms with E-state index < -0.39 is 11.4 Å². The van der Waals surface area contributed by atoms with Crippen molar-refractivity contribution in [3.63, 3.8) is 0 Å². The molecule has 1 N–H and O–H groups in total. The molecule has 35 heavy (non-hydrogen) atoms. The number of thioether (sulfide) groups is 1. The highest BCUT2D eigenvalue weighted by Crippen LogP contribution is 2.30. The summed E-state index contributed by atoms with van der Waals surface area (Å²) in [5.41, 5.74) is -0.513. The molecule has 0 bridgehead atoms. The van der Waals surface area contributed by atoms with Gasteiger partial charge in [-0.2, -0.15) is 11.8 Å². The number of carbonyl (C=O) groups is 1. The second-order valence-corrected chi connectivity index (χ2v) is 11.2. The molecular weight excluding hydrogens is 467 g/mol. The summed E-state index contributed by atoms with van der Waals surface area (Å²) in [7, 11) is 0. The van der Waals surface area contributed by atoms with Crippen LogP contribution in [0.3, 0.4) is 0 Å². The molecule has 2 aliphatic rings. The second-order valence-electron chi connectivity index (χ2n) is 9.96. The summed E-state index contributed by atoms with van der Waals surface area (Å²) < 4.78 is 17.1. The van der Waals surface area contributed by atoms with Crippen LogP contribution in [0.4, 0.5) is 4.39 Å². The minimum Gasteiger partial charge on any atom is -0.353 e. The smallest absolute Gasteiger partial charge is 0.333 e. The van der Waals surface area contributed by atoms with Gasteiger partial charge in [0.1, 0.15) is 11.5 Å². The summed E-state index contributed by atoms with van der Waals surface area (Å²) in [6.07, 6.45) is 9.27. The lowest BCUT2D eigenvalue weighted by Gasteiger charge is -2.32. The topological polar surface area (TPSA) is 86.0 Å². The highest BCUT2D eigenvalue weighted by Gasteiger charge is 2.30. The van der Waals surface area contributed by atoms with Crippen LogP contribution in [0.15, 0.2) is 21.9 Å². The molecule has 4 rings (SSSR count). The van der Waals surface area contributed by atoms with E-state index in [2.05, 4.69) is 24.1 Å². The van der Waals surface area contributed by atoms with Gasteiger partial charge in [-0.05, 0) is 68.9 Å². The lowest BCUT2D eigenvalue weighted by atomic mass is 9.90. The van der Waals surface area contributed by atoms with Crippen LogP contribution in [-0.4, -0.2) is 37.6 Å². The van der Waals surface area contributed by atoms with Crippen molar-refractivity contribution in [3.8, 4) is 0 Å². The number of aromatic nitrogens is 3. The monoisotopic (exact) mass is 504 g/mol. The average molecular weight is 505 g/mol. The number of nitrogens with one attached hydrogen (secondary N) is 1. The minimum atomic E-state index is -0.578. The molecule has 1 aliphatic carbocycles. The molecule has 2 aromatic rings. The maximum absolute atomic E-state index is 14.1. The van der Waals surface area contributed by atoms with Gasteiger partial charge in [-0.25, -0.2) is 14.2 Å². The maximum Gasteiger partial charge on any atom is 0.333 e. The molecular formula is C26H37FN4O3S. The van der Waals surface area contributed by atoms with Crippen molar-refractivity contribution in [1.82, 2.24) is 19.4 Å². The summed E-state index contributed by atoms with van der Waals surface area (Å²) >= 11 is 1.86. The van der Waals surface area contributed by atoms with E-state index in [0.717, 1.165) is 56.2 Å². The predicted molar refractivity (Wildman–Crippen MR) is 139 cm³/mol. The third-order valence-corrected chi connectivity index (χ3v) is 8.71. The van der Waals surface area contributed by atoms with Crippen LogP contribution in [0.5, 0.6) is 0 Å². The molecule has 192 valence electrons. The Morgan fingerprint density at radius 2 is 1.80 bits per heavy atom. The van der Waals surface area contributed by atoms with Crippen LogP contribution in [0, 0.1) is 11.7 Å². The zero-order valence-electron chi connectivity index (χ0n) is 20.8. The maximum atomic E-state index is 14.1. The van der Waals surface area contributed by atoms with E-state index in [-0.39, 0.29) is 46.7 Å². The summed E-state index contributed by atoms with van der Waals surface area (Å²) in [6.45, 7) is 4.18. The third kappa shape index (κ3) is 5.65. The van der Waals surface area contributed by atoms with Crippen LogP contribution in [0.2, 0.25) is 0 Å². The number of carbonyl (C=O) groups excluding carboxylic acids is 1. The fourth-order valence-electron chi connectivity index (χ4n) is 5.57. The quantitative estimate of drug-likeness (QED) is 0.569. The Bertz CT molecular complexity index is 1150. The van der Waals surface area contributed by atoms with Gasteiger partial charge >= 0.3 is 5.69 Å². The van der Waals surface area contributed by atoms with Crippen molar-refractivity contribution in [2.75, 3.05) is 11.5 Å². The van der Waals surface area contributed by atoms with Gasteiger partial charge in [-0.3, -0.25) is 18.7 Å². The van der Waals surface area contributed by atoms with Crippen LogP contribution in [-0.2, 0) is 4.79 Å². The Hall–Kier alpha value is -2.16. The van der Waals surface area contributed by atoms with E-state index in [1.54, 1.807) is 4.57 Å². The largest absolute Gasteiger partial charge is 0.353 e. The highest BCUT2D eigenvalue weighted by atomic mass is 32.2. The van der Waals surface area contributed by atoms with Crippen LogP contribution >= 0.6 is 11.8 Å². The van der Waals surface area contributed by atoms with Crippen LogP contribution < -0.4 is 16.6 Å².